The van der Waals surface area contributed by atoms with E-state index in [0.717, 1.165) is 45.7 Å². The summed E-state index contributed by atoms with van der Waals surface area (Å²) in [5.74, 6) is 0.844. The standard InChI is InChI=1S/C22H21N5/c1-3-16-4-6-19-21(11-16)26-14-27-22(19)25-13-17-5-7-20(24-12-17)18-8-9-23-15(2)10-18/h4-12,14H,3,13H2,1-2H3,(H,25,26,27). The summed E-state index contributed by atoms with van der Waals surface area (Å²) in [6.07, 6.45) is 6.32. The maximum absolute atomic E-state index is 4.59. The predicted octanol–water partition coefficient (Wildman–Crippen LogP) is 4.57. The van der Waals surface area contributed by atoms with Crippen LogP contribution in [0.3, 0.4) is 0 Å². The Bertz CT molecular complexity index is 1070. The first-order valence-corrected chi connectivity index (χ1v) is 9.08. The summed E-state index contributed by atoms with van der Waals surface area (Å²) in [6.45, 7) is 4.78. The van der Waals surface area contributed by atoms with E-state index in [2.05, 4.69) is 56.4 Å². The van der Waals surface area contributed by atoms with Crippen LogP contribution in [-0.4, -0.2) is 19.9 Å². The van der Waals surface area contributed by atoms with Crippen LogP contribution in [0.4, 0.5) is 5.82 Å². The van der Waals surface area contributed by atoms with Crippen molar-refractivity contribution >= 4 is 16.7 Å². The smallest absolute Gasteiger partial charge is 0.137 e. The number of hydrogen-bond donors (Lipinski definition) is 1. The maximum atomic E-state index is 4.59. The molecule has 0 atom stereocenters. The molecule has 0 aliphatic carbocycles. The molecule has 0 saturated carbocycles. The summed E-state index contributed by atoms with van der Waals surface area (Å²) < 4.78 is 0. The van der Waals surface area contributed by atoms with E-state index in [1.54, 1.807) is 6.33 Å². The van der Waals surface area contributed by atoms with Crippen LogP contribution in [-0.2, 0) is 13.0 Å². The van der Waals surface area contributed by atoms with Gasteiger partial charge < -0.3 is 5.32 Å². The first-order chi connectivity index (χ1) is 13.2. The van der Waals surface area contributed by atoms with E-state index in [-0.39, 0.29) is 0 Å². The Morgan fingerprint density at radius 2 is 1.78 bits per heavy atom. The Hall–Kier alpha value is -3.34. The van der Waals surface area contributed by atoms with Crippen LogP contribution in [0.5, 0.6) is 0 Å². The van der Waals surface area contributed by atoms with Gasteiger partial charge in [-0.05, 0) is 54.8 Å². The van der Waals surface area contributed by atoms with E-state index in [0.29, 0.717) is 6.54 Å². The molecule has 0 fully saturated rings. The largest absolute Gasteiger partial charge is 0.365 e. The molecule has 27 heavy (non-hydrogen) atoms. The number of benzene rings is 1. The molecule has 3 heterocycles. The molecule has 5 nitrogen and oxygen atoms in total. The molecule has 0 unspecified atom stereocenters. The van der Waals surface area contributed by atoms with Crippen LogP contribution < -0.4 is 5.32 Å². The molecular weight excluding hydrogens is 334 g/mol. The van der Waals surface area contributed by atoms with Crippen molar-refractivity contribution in [2.45, 2.75) is 26.8 Å². The first kappa shape index (κ1) is 17.1. The minimum Gasteiger partial charge on any atom is -0.365 e. The highest BCUT2D eigenvalue weighted by atomic mass is 15.0. The van der Waals surface area contributed by atoms with Crippen LogP contribution in [0.1, 0.15) is 23.7 Å². The highest BCUT2D eigenvalue weighted by Gasteiger charge is 2.05. The number of aromatic nitrogens is 4. The van der Waals surface area contributed by atoms with Gasteiger partial charge in [0.1, 0.15) is 12.1 Å². The summed E-state index contributed by atoms with van der Waals surface area (Å²) in [5, 5.41) is 4.44. The van der Waals surface area contributed by atoms with Crippen molar-refractivity contribution in [3.63, 3.8) is 0 Å². The van der Waals surface area contributed by atoms with Gasteiger partial charge in [-0.15, -0.1) is 0 Å². The summed E-state index contributed by atoms with van der Waals surface area (Å²) in [6, 6.07) is 14.5. The van der Waals surface area contributed by atoms with Crippen molar-refractivity contribution in [3.05, 3.63) is 78.0 Å². The SMILES string of the molecule is CCc1ccc2c(NCc3ccc(-c4ccnc(C)c4)nc3)ncnc2c1. The number of fused-ring (bicyclic) bond motifs is 1. The molecule has 0 aliphatic rings. The third-order valence-electron chi connectivity index (χ3n) is 4.59. The molecule has 1 aromatic carbocycles. The van der Waals surface area contributed by atoms with Gasteiger partial charge in [-0.2, -0.15) is 0 Å². The lowest BCUT2D eigenvalue weighted by molar-refractivity contribution is 1.08. The molecule has 0 amide bonds. The fourth-order valence-electron chi connectivity index (χ4n) is 3.05. The molecule has 3 aromatic heterocycles. The summed E-state index contributed by atoms with van der Waals surface area (Å²) in [4.78, 5) is 17.6. The molecule has 1 N–H and O–H groups in total. The molecule has 4 aromatic rings. The lowest BCUT2D eigenvalue weighted by Crippen LogP contribution is -2.03. The van der Waals surface area contributed by atoms with E-state index in [9.17, 15) is 0 Å². The third-order valence-corrected chi connectivity index (χ3v) is 4.59. The Morgan fingerprint density at radius 3 is 2.56 bits per heavy atom. The van der Waals surface area contributed by atoms with Gasteiger partial charge in [-0.25, -0.2) is 9.97 Å². The normalized spacial score (nSPS) is 10.9. The molecule has 4 rings (SSSR count). The van der Waals surface area contributed by atoms with Crippen molar-refractivity contribution in [2.75, 3.05) is 5.32 Å². The third kappa shape index (κ3) is 3.77. The van der Waals surface area contributed by atoms with Crippen LogP contribution in [0.25, 0.3) is 22.2 Å². The average molecular weight is 355 g/mol. The first-order valence-electron chi connectivity index (χ1n) is 9.08. The number of aryl methyl sites for hydroxylation is 2. The highest BCUT2D eigenvalue weighted by molar-refractivity contribution is 5.89. The lowest BCUT2D eigenvalue weighted by Gasteiger charge is -2.09. The van der Waals surface area contributed by atoms with Gasteiger partial charge in [0.2, 0.25) is 0 Å². The van der Waals surface area contributed by atoms with Crippen LogP contribution in [0, 0.1) is 6.92 Å². The molecule has 134 valence electrons. The Labute approximate surface area is 158 Å². The van der Waals surface area contributed by atoms with Crippen molar-refractivity contribution in [2.24, 2.45) is 0 Å². The monoisotopic (exact) mass is 355 g/mol. The van der Waals surface area contributed by atoms with Gasteiger partial charge in [0, 0.05) is 35.6 Å². The van der Waals surface area contributed by atoms with Crippen molar-refractivity contribution in [3.8, 4) is 11.3 Å². The quantitative estimate of drug-likeness (QED) is 0.568. The molecule has 0 saturated heterocycles. The predicted molar refractivity (Wildman–Crippen MR) is 108 cm³/mol. The number of nitrogens with one attached hydrogen (secondary N) is 1. The molecule has 0 radical (unpaired) electrons. The Kier molecular flexibility index (Phi) is 4.75. The lowest BCUT2D eigenvalue weighted by atomic mass is 10.1. The van der Waals surface area contributed by atoms with E-state index in [4.69, 9.17) is 0 Å². The van der Waals surface area contributed by atoms with E-state index in [1.165, 1.54) is 5.56 Å². The van der Waals surface area contributed by atoms with Gasteiger partial charge >= 0.3 is 0 Å². The van der Waals surface area contributed by atoms with Gasteiger partial charge in [0.05, 0.1) is 11.2 Å². The van der Waals surface area contributed by atoms with Crippen molar-refractivity contribution in [1.29, 1.82) is 0 Å². The highest BCUT2D eigenvalue weighted by Crippen LogP contribution is 2.22. The summed E-state index contributed by atoms with van der Waals surface area (Å²) in [5.41, 5.74) is 6.36. The molecule has 0 spiro atoms. The summed E-state index contributed by atoms with van der Waals surface area (Å²) >= 11 is 0. The summed E-state index contributed by atoms with van der Waals surface area (Å²) in [7, 11) is 0. The second-order valence-electron chi connectivity index (χ2n) is 6.52. The topological polar surface area (TPSA) is 63.6 Å². The zero-order valence-corrected chi connectivity index (χ0v) is 15.5. The Morgan fingerprint density at radius 1 is 0.889 bits per heavy atom. The molecular formula is C22H21N5. The second kappa shape index (κ2) is 7.50. The van der Waals surface area contributed by atoms with Crippen LogP contribution >= 0.6 is 0 Å². The van der Waals surface area contributed by atoms with Crippen LogP contribution in [0.2, 0.25) is 0 Å². The zero-order valence-electron chi connectivity index (χ0n) is 15.5. The Balaban J connectivity index is 1.51. The van der Waals surface area contributed by atoms with Gasteiger partial charge in [-0.1, -0.05) is 19.1 Å². The fourth-order valence-corrected chi connectivity index (χ4v) is 3.05. The number of nitrogens with zero attached hydrogens (tertiary/aromatic N) is 4. The zero-order chi connectivity index (χ0) is 18.6. The average Bonchev–Trinajstić information content (AvgIpc) is 2.72. The minimum absolute atomic E-state index is 0.657. The second-order valence-corrected chi connectivity index (χ2v) is 6.52. The number of rotatable bonds is 5. The van der Waals surface area contributed by atoms with Crippen molar-refractivity contribution in [1.82, 2.24) is 19.9 Å². The number of pyridine rings is 2. The number of hydrogen-bond acceptors (Lipinski definition) is 5. The minimum atomic E-state index is 0.657. The van der Waals surface area contributed by atoms with Gasteiger partial charge in [-0.3, -0.25) is 9.97 Å². The molecule has 5 heteroatoms. The van der Waals surface area contributed by atoms with Gasteiger partial charge in [0.25, 0.3) is 0 Å². The fraction of sp³-hybridized carbons (Fsp3) is 0.182. The van der Waals surface area contributed by atoms with Crippen LogP contribution in [0.15, 0.2) is 61.2 Å². The van der Waals surface area contributed by atoms with E-state index >= 15 is 0 Å². The van der Waals surface area contributed by atoms with Gasteiger partial charge in [0.15, 0.2) is 0 Å². The van der Waals surface area contributed by atoms with E-state index < -0.39 is 0 Å². The maximum Gasteiger partial charge on any atom is 0.137 e. The van der Waals surface area contributed by atoms with E-state index in [1.807, 2.05) is 37.5 Å². The molecule has 0 bridgehead atoms. The molecule has 0 aliphatic heterocycles. The van der Waals surface area contributed by atoms with Crippen molar-refractivity contribution < 1.29 is 0 Å². The number of anilines is 1.